The van der Waals surface area contributed by atoms with Gasteiger partial charge in [0.1, 0.15) is 0 Å². The van der Waals surface area contributed by atoms with E-state index in [0.717, 1.165) is 5.56 Å². The lowest BCUT2D eigenvalue weighted by molar-refractivity contribution is 0.577. The smallest absolute Gasteiger partial charge is 0.183 e. The number of aryl methyl sites for hydroxylation is 1. The SMILES string of the molecule is CCS(=O)(=O)CCn1nnnc1-c1cccc(N)c1Br. The van der Waals surface area contributed by atoms with Gasteiger partial charge in [0, 0.05) is 17.0 Å². The Kier molecular flexibility index (Phi) is 4.39. The van der Waals surface area contributed by atoms with E-state index < -0.39 is 9.84 Å². The molecule has 0 saturated heterocycles. The number of tetrazole rings is 1. The van der Waals surface area contributed by atoms with Gasteiger partial charge in [0.15, 0.2) is 15.7 Å². The van der Waals surface area contributed by atoms with Crippen molar-refractivity contribution in [3.63, 3.8) is 0 Å². The van der Waals surface area contributed by atoms with Gasteiger partial charge < -0.3 is 5.73 Å². The zero-order valence-electron chi connectivity index (χ0n) is 10.8. The second kappa shape index (κ2) is 5.88. The molecule has 9 heteroatoms. The number of halogens is 1. The number of hydrogen-bond acceptors (Lipinski definition) is 6. The van der Waals surface area contributed by atoms with Gasteiger partial charge in [-0.05, 0) is 38.5 Å². The number of rotatable bonds is 5. The first-order valence-corrected chi connectivity index (χ1v) is 8.57. The molecule has 2 aromatic rings. The summed E-state index contributed by atoms with van der Waals surface area (Å²) in [4.78, 5) is 0. The maximum atomic E-state index is 11.6. The monoisotopic (exact) mass is 359 g/mol. The van der Waals surface area contributed by atoms with Crippen LogP contribution in [0.4, 0.5) is 5.69 Å². The van der Waals surface area contributed by atoms with Gasteiger partial charge in [0.2, 0.25) is 0 Å². The summed E-state index contributed by atoms with van der Waals surface area (Å²) >= 11 is 3.39. The first-order chi connectivity index (χ1) is 9.44. The molecule has 7 nitrogen and oxygen atoms in total. The highest BCUT2D eigenvalue weighted by Crippen LogP contribution is 2.30. The van der Waals surface area contributed by atoms with E-state index in [0.29, 0.717) is 16.0 Å². The number of benzene rings is 1. The Morgan fingerprint density at radius 1 is 1.40 bits per heavy atom. The highest BCUT2D eigenvalue weighted by molar-refractivity contribution is 9.10. The maximum absolute atomic E-state index is 11.6. The number of aromatic nitrogens is 4. The lowest BCUT2D eigenvalue weighted by atomic mass is 10.2. The molecular weight excluding hydrogens is 346 g/mol. The van der Waals surface area contributed by atoms with Crippen molar-refractivity contribution < 1.29 is 8.42 Å². The van der Waals surface area contributed by atoms with Gasteiger partial charge in [0.25, 0.3) is 0 Å². The average molecular weight is 360 g/mol. The minimum atomic E-state index is -3.07. The molecule has 1 heterocycles. The topological polar surface area (TPSA) is 104 Å². The number of nitrogen functional groups attached to an aromatic ring is 1. The van der Waals surface area contributed by atoms with Crippen molar-refractivity contribution in [3.8, 4) is 11.4 Å². The molecule has 0 bridgehead atoms. The highest BCUT2D eigenvalue weighted by Gasteiger charge is 2.15. The Labute approximate surface area is 125 Å². The predicted molar refractivity (Wildman–Crippen MR) is 79.7 cm³/mol. The summed E-state index contributed by atoms with van der Waals surface area (Å²) in [6, 6.07) is 5.36. The minimum absolute atomic E-state index is 0.00146. The quantitative estimate of drug-likeness (QED) is 0.802. The van der Waals surface area contributed by atoms with Crippen molar-refractivity contribution in [2.75, 3.05) is 17.2 Å². The van der Waals surface area contributed by atoms with Gasteiger partial charge >= 0.3 is 0 Å². The summed E-state index contributed by atoms with van der Waals surface area (Å²) in [5.41, 5.74) is 7.11. The number of anilines is 1. The Bertz CT molecular complexity index is 713. The standard InChI is InChI=1S/C11H14BrN5O2S/c1-2-20(18,19)7-6-17-11(14-15-16-17)8-4-3-5-9(13)10(8)12/h3-5H,2,6-7,13H2,1H3. The molecule has 0 radical (unpaired) electrons. The molecule has 0 saturated carbocycles. The van der Waals surface area contributed by atoms with E-state index in [1.165, 1.54) is 4.68 Å². The van der Waals surface area contributed by atoms with Crippen molar-refractivity contribution >= 4 is 31.5 Å². The van der Waals surface area contributed by atoms with Crippen molar-refractivity contribution in [2.45, 2.75) is 13.5 Å². The molecule has 2 N–H and O–H groups in total. The third kappa shape index (κ3) is 3.15. The summed E-state index contributed by atoms with van der Waals surface area (Å²) in [7, 11) is -3.07. The predicted octanol–water partition coefficient (Wildman–Crippen LogP) is 1.12. The maximum Gasteiger partial charge on any atom is 0.183 e. The zero-order chi connectivity index (χ0) is 14.8. The van der Waals surface area contributed by atoms with Gasteiger partial charge in [-0.15, -0.1) is 5.10 Å². The molecule has 0 unspecified atom stereocenters. The summed E-state index contributed by atoms with van der Waals surface area (Å²) < 4.78 is 25.3. The molecule has 1 aromatic carbocycles. The molecule has 0 spiro atoms. The van der Waals surface area contributed by atoms with E-state index in [9.17, 15) is 8.42 Å². The van der Waals surface area contributed by atoms with Crippen LogP contribution in [0, 0.1) is 0 Å². The van der Waals surface area contributed by atoms with E-state index in [1.807, 2.05) is 6.07 Å². The number of nitrogens with zero attached hydrogens (tertiary/aromatic N) is 4. The first kappa shape index (κ1) is 14.9. The van der Waals surface area contributed by atoms with Gasteiger partial charge in [0.05, 0.1) is 16.8 Å². The van der Waals surface area contributed by atoms with E-state index in [1.54, 1.807) is 19.1 Å². The molecule has 0 amide bonds. The average Bonchev–Trinajstić information content (AvgIpc) is 2.88. The van der Waals surface area contributed by atoms with Gasteiger partial charge in [-0.25, -0.2) is 13.1 Å². The molecule has 0 aliphatic carbocycles. The number of nitrogens with two attached hydrogens (primary N) is 1. The van der Waals surface area contributed by atoms with Crippen LogP contribution in [0.2, 0.25) is 0 Å². The second-order valence-electron chi connectivity index (χ2n) is 4.17. The van der Waals surface area contributed by atoms with Crippen LogP contribution in [0.3, 0.4) is 0 Å². The van der Waals surface area contributed by atoms with E-state index in [4.69, 9.17) is 5.73 Å². The lowest BCUT2D eigenvalue weighted by Crippen LogP contribution is -2.16. The van der Waals surface area contributed by atoms with E-state index in [-0.39, 0.29) is 18.1 Å². The number of sulfone groups is 1. The summed E-state index contributed by atoms with van der Waals surface area (Å²) in [5, 5.41) is 11.4. The third-order valence-electron chi connectivity index (χ3n) is 2.86. The fraction of sp³-hybridized carbons (Fsp3) is 0.364. The molecule has 0 atom stereocenters. The van der Waals surface area contributed by atoms with Crippen LogP contribution in [0.1, 0.15) is 6.92 Å². The van der Waals surface area contributed by atoms with Crippen molar-refractivity contribution in [2.24, 2.45) is 0 Å². The Balaban J connectivity index is 2.32. The molecule has 0 aliphatic heterocycles. The normalized spacial score (nSPS) is 11.7. The molecule has 108 valence electrons. The molecule has 0 aliphatic rings. The molecule has 1 aromatic heterocycles. The Morgan fingerprint density at radius 2 is 2.15 bits per heavy atom. The third-order valence-corrected chi connectivity index (χ3v) is 5.42. The Morgan fingerprint density at radius 3 is 2.85 bits per heavy atom. The van der Waals surface area contributed by atoms with Crippen molar-refractivity contribution in [1.82, 2.24) is 20.2 Å². The zero-order valence-corrected chi connectivity index (χ0v) is 13.2. The Hall–Kier alpha value is -1.48. The summed E-state index contributed by atoms with van der Waals surface area (Å²) in [5.74, 6) is 0.587. The van der Waals surface area contributed by atoms with Crippen LogP contribution in [-0.2, 0) is 16.4 Å². The second-order valence-corrected chi connectivity index (χ2v) is 7.44. The lowest BCUT2D eigenvalue weighted by Gasteiger charge is -2.07. The van der Waals surface area contributed by atoms with Crippen LogP contribution in [0.15, 0.2) is 22.7 Å². The van der Waals surface area contributed by atoms with Crippen LogP contribution in [0.25, 0.3) is 11.4 Å². The largest absolute Gasteiger partial charge is 0.398 e. The van der Waals surface area contributed by atoms with Crippen LogP contribution >= 0.6 is 15.9 Å². The van der Waals surface area contributed by atoms with Crippen molar-refractivity contribution in [1.29, 1.82) is 0 Å². The van der Waals surface area contributed by atoms with Crippen molar-refractivity contribution in [3.05, 3.63) is 22.7 Å². The number of hydrogen-bond donors (Lipinski definition) is 1. The molecular formula is C11H14BrN5O2S. The van der Waals surface area contributed by atoms with Gasteiger partial charge in [-0.3, -0.25) is 0 Å². The fourth-order valence-electron chi connectivity index (χ4n) is 1.64. The summed E-state index contributed by atoms with van der Waals surface area (Å²) in [6.45, 7) is 1.82. The molecule has 0 fully saturated rings. The van der Waals surface area contributed by atoms with Crippen LogP contribution in [-0.4, -0.2) is 40.1 Å². The van der Waals surface area contributed by atoms with Crippen LogP contribution in [0.5, 0.6) is 0 Å². The van der Waals surface area contributed by atoms with Gasteiger partial charge in [-0.2, -0.15) is 0 Å². The fourth-order valence-corrected chi connectivity index (χ4v) is 2.82. The van der Waals surface area contributed by atoms with Gasteiger partial charge in [-0.1, -0.05) is 13.0 Å². The minimum Gasteiger partial charge on any atom is -0.398 e. The summed E-state index contributed by atoms with van der Waals surface area (Å²) in [6.07, 6.45) is 0. The van der Waals surface area contributed by atoms with E-state index >= 15 is 0 Å². The molecule has 20 heavy (non-hydrogen) atoms. The van der Waals surface area contributed by atoms with E-state index in [2.05, 4.69) is 31.5 Å². The van der Waals surface area contributed by atoms with Crippen LogP contribution < -0.4 is 5.73 Å². The first-order valence-electron chi connectivity index (χ1n) is 5.95. The highest BCUT2D eigenvalue weighted by atomic mass is 79.9. The molecule has 2 rings (SSSR count).